The lowest BCUT2D eigenvalue weighted by Crippen LogP contribution is -2.19. The number of amides is 1. The van der Waals surface area contributed by atoms with E-state index in [1.54, 1.807) is 25.4 Å². The molecule has 1 amide bonds. The van der Waals surface area contributed by atoms with E-state index in [0.717, 1.165) is 16.8 Å². The van der Waals surface area contributed by atoms with Crippen molar-refractivity contribution in [1.82, 2.24) is 35.9 Å². The van der Waals surface area contributed by atoms with Gasteiger partial charge in [0.25, 0.3) is 5.91 Å². The minimum atomic E-state index is -0.405. The van der Waals surface area contributed by atoms with Gasteiger partial charge in [-0.2, -0.15) is 4.98 Å². The van der Waals surface area contributed by atoms with E-state index in [-0.39, 0.29) is 12.5 Å². The van der Waals surface area contributed by atoms with Crippen molar-refractivity contribution in [2.24, 2.45) is 0 Å². The number of carbonyl (C=O) groups is 1. The Bertz CT molecular complexity index is 1230. The van der Waals surface area contributed by atoms with Crippen LogP contribution in [0.15, 0.2) is 54.7 Å². The number of hydrogen-bond donors (Lipinski definition) is 5. The number of nitrogens with one attached hydrogen (secondary N) is 4. The third kappa shape index (κ3) is 4.93. The molecule has 0 aliphatic rings. The molecule has 2 heterocycles. The summed E-state index contributed by atoms with van der Waals surface area (Å²) in [5.41, 5.74) is 3.57. The number of aliphatic hydroxyl groups is 1. The number of benzene rings is 2. The molecule has 168 valence electrons. The van der Waals surface area contributed by atoms with Gasteiger partial charge in [-0.05, 0) is 46.7 Å². The van der Waals surface area contributed by atoms with E-state index < -0.39 is 6.04 Å². The van der Waals surface area contributed by atoms with Gasteiger partial charge in [0, 0.05) is 24.5 Å². The van der Waals surface area contributed by atoms with Gasteiger partial charge < -0.3 is 21.1 Å². The van der Waals surface area contributed by atoms with Crippen molar-refractivity contribution in [3.05, 3.63) is 71.4 Å². The van der Waals surface area contributed by atoms with Crippen LogP contribution in [0.1, 0.15) is 27.5 Å². The maximum atomic E-state index is 11.9. The van der Waals surface area contributed by atoms with Crippen molar-refractivity contribution in [2.45, 2.75) is 13.0 Å². The molecule has 0 saturated heterocycles. The zero-order chi connectivity index (χ0) is 23.2. The second-order valence-corrected chi connectivity index (χ2v) is 7.23. The molecule has 0 unspecified atom stereocenters. The van der Waals surface area contributed by atoms with E-state index in [0.29, 0.717) is 28.7 Å². The lowest BCUT2D eigenvalue weighted by molar-refractivity contribution is 0.0962. The van der Waals surface area contributed by atoms with Crippen molar-refractivity contribution in [3.8, 4) is 11.4 Å². The number of aromatic nitrogens is 6. The van der Waals surface area contributed by atoms with Gasteiger partial charge in [-0.15, -0.1) is 5.10 Å². The summed E-state index contributed by atoms with van der Waals surface area (Å²) in [5, 5.41) is 32.9. The molecule has 0 aliphatic heterocycles. The highest BCUT2D eigenvalue weighted by atomic mass is 16.3. The van der Waals surface area contributed by atoms with E-state index in [1.807, 2.05) is 43.3 Å². The molecule has 0 bridgehead atoms. The minimum Gasteiger partial charge on any atom is -0.394 e. The summed E-state index contributed by atoms with van der Waals surface area (Å²) in [7, 11) is 1.59. The Kier molecular flexibility index (Phi) is 6.51. The lowest BCUT2D eigenvalue weighted by atomic mass is 10.1. The molecule has 2 aromatic heterocycles. The normalized spacial score (nSPS) is 11.6. The Morgan fingerprint density at radius 3 is 2.67 bits per heavy atom. The monoisotopic (exact) mass is 445 g/mol. The molecule has 0 saturated carbocycles. The molecular formula is C22H23N9O2. The van der Waals surface area contributed by atoms with Gasteiger partial charge in [0.15, 0.2) is 5.82 Å². The predicted molar refractivity (Wildman–Crippen MR) is 123 cm³/mol. The highest BCUT2D eigenvalue weighted by Crippen LogP contribution is 2.28. The Morgan fingerprint density at radius 1 is 1.18 bits per heavy atom. The zero-order valence-corrected chi connectivity index (χ0v) is 18.1. The highest BCUT2D eigenvalue weighted by Gasteiger charge is 2.18. The Labute approximate surface area is 189 Å². The summed E-state index contributed by atoms with van der Waals surface area (Å²) in [6.07, 6.45) is 1.59. The molecular weight excluding hydrogens is 422 g/mol. The minimum absolute atomic E-state index is 0.148. The van der Waals surface area contributed by atoms with Crippen LogP contribution in [0.2, 0.25) is 0 Å². The van der Waals surface area contributed by atoms with E-state index in [9.17, 15) is 9.90 Å². The van der Waals surface area contributed by atoms with E-state index in [1.165, 1.54) is 0 Å². The summed E-state index contributed by atoms with van der Waals surface area (Å²) in [6.45, 7) is 1.71. The number of H-pyrrole nitrogens is 1. The molecule has 0 fully saturated rings. The van der Waals surface area contributed by atoms with Gasteiger partial charge in [0.2, 0.25) is 5.95 Å². The van der Waals surface area contributed by atoms with Crippen LogP contribution >= 0.6 is 0 Å². The number of aryl methyl sites for hydroxylation is 1. The van der Waals surface area contributed by atoms with Gasteiger partial charge in [-0.3, -0.25) is 4.79 Å². The summed E-state index contributed by atoms with van der Waals surface area (Å²) >= 11 is 0. The molecule has 11 nitrogen and oxygen atoms in total. The first-order valence-electron chi connectivity index (χ1n) is 10.2. The number of nitrogens with zero attached hydrogens (tertiary/aromatic N) is 5. The number of hydrogen-bond acceptors (Lipinski definition) is 9. The number of tetrazole rings is 1. The summed E-state index contributed by atoms with van der Waals surface area (Å²) < 4.78 is 0. The average Bonchev–Trinajstić information content (AvgIpc) is 3.37. The van der Waals surface area contributed by atoms with Crippen molar-refractivity contribution in [1.29, 1.82) is 0 Å². The number of carbonyl (C=O) groups excluding carboxylic acids is 1. The standard InChI is InChI=1S/C22H23N9O2/c1-13-10-15(8-9-16(13)21(33)23-2)25-22-24-11-17(20-28-30-31-29-20)19(27-22)26-18(12-32)14-6-4-3-5-7-14/h3-11,18,32H,12H2,1-2H3,(H,23,33)(H2,24,25,26,27)(H,28,29,30,31)/t18-/m1/s1. The first-order valence-corrected chi connectivity index (χ1v) is 10.2. The summed E-state index contributed by atoms with van der Waals surface area (Å²) in [5.74, 6) is 1.00. The topological polar surface area (TPSA) is 154 Å². The summed E-state index contributed by atoms with van der Waals surface area (Å²) in [6, 6.07) is 14.5. The SMILES string of the molecule is CNC(=O)c1ccc(Nc2ncc(-c3nnn[nH]3)c(N[C@H](CO)c3ccccc3)n2)cc1C. The van der Waals surface area contributed by atoms with Crippen LogP contribution < -0.4 is 16.0 Å². The van der Waals surface area contributed by atoms with E-state index in [4.69, 9.17) is 0 Å². The molecule has 2 aromatic carbocycles. The first-order chi connectivity index (χ1) is 16.1. The molecule has 4 aromatic rings. The predicted octanol–water partition coefficient (Wildman–Crippen LogP) is 2.21. The third-order valence-electron chi connectivity index (χ3n) is 5.04. The van der Waals surface area contributed by atoms with Gasteiger partial charge in [0.1, 0.15) is 5.82 Å². The lowest BCUT2D eigenvalue weighted by Gasteiger charge is -2.19. The van der Waals surface area contributed by atoms with Crippen molar-refractivity contribution >= 4 is 23.4 Å². The van der Waals surface area contributed by atoms with Crippen LogP contribution in [0, 0.1) is 6.92 Å². The van der Waals surface area contributed by atoms with E-state index in [2.05, 4.69) is 46.5 Å². The number of anilines is 3. The molecule has 1 atom stereocenters. The summed E-state index contributed by atoms with van der Waals surface area (Å²) in [4.78, 5) is 20.9. The van der Waals surface area contributed by atoms with Crippen molar-refractivity contribution in [2.75, 3.05) is 24.3 Å². The molecule has 0 radical (unpaired) electrons. The van der Waals surface area contributed by atoms with Crippen molar-refractivity contribution < 1.29 is 9.90 Å². The smallest absolute Gasteiger partial charge is 0.251 e. The quantitative estimate of drug-likeness (QED) is 0.275. The molecule has 33 heavy (non-hydrogen) atoms. The van der Waals surface area contributed by atoms with Gasteiger partial charge in [0.05, 0.1) is 18.2 Å². The van der Waals surface area contributed by atoms with Crippen LogP contribution in [0.5, 0.6) is 0 Å². The van der Waals surface area contributed by atoms with Crippen molar-refractivity contribution in [3.63, 3.8) is 0 Å². The Morgan fingerprint density at radius 2 is 2.00 bits per heavy atom. The molecule has 0 spiro atoms. The highest BCUT2D eigenvalue weighted by molar-refractivity contribution is 5.95. The fourth-order valence-electron chi connectivity index (χ4n) is 3.34. The van der Waals surface area contributed by atoms with Gasteiger partial charge in [-0.1, -0.05) is 30.3 Å². The first kappa shape index (κ1) is 21.8. The average molecular weight is 445 g/mol. The fraction of sp³-hybridized carbons (Fsp3) is 0.182. The molecule has 11 heteroatoms. The fourth-order valence-corrected chi connectivity index (χ4v) is 3.34. The largest absolute Gasteiger partial charge is 0.394 e. The van der Waals surface area contributed by atoms with Crippen LogP contribution in [0.4, 0.5) is 17.5 Å². The maximum Gasteiger partial charge on any atom is 0.251 e. The van der Waals surface area contributed by atoms with Crippen LogP contribution in [0.25, 0.3) is 11.4 Å². The zero-order valence-electron chi connectivity index (χ0n) is 18.1. The number of aliphatic hydroxyl groups excluding tert-OH is 1. The Hall–Kier alpha value is -4.38. The van der Waals surface area contributed by atoms with Gasteiger partial charge >= 0.3 is 0 Å². The maximum absolute atomic E-state index is 11.9. The molecule has 5 N–H and O–H groups in total. The van der Waals surface area contributed by atoms with Crippen LogP contribution in [-0.2, 0) is 0 Å². The Balaban J connectivity index is 1.65. The van der Waals surface area contributed by atoms with Crippen LogP contribution in [-0.4, -0.2) is 55.3 Å². The third-order valence-corrected chi connectivity index (χ3v) is 5.04. The number of rotatable bonds is 8. The van der Waals surface area contributed by atoms with E-state index >= 15 is 0 Å². The molecule has 4 rings (SSSR count). The molecule has 0 aliphatic carbocycles. The second kappa shape index (κ2) is 9.83. The number of aromatic amines is 1. The van der Waals surface area contributed by atoms with Crippen LogP contribution in [0.3, 0.4) is 0 Å². The second-order valence-electron chi connectivity index (χ2n) is 7.23. The van der Waals surface area contributed by atoms with Gasteiger partial charge in [-0.25, -0.2) is 10.1 Å².